The van der Waals surface area contributed by atoms with Crippen molar-refractivity contribution < 1.29 is 4.74 Å². The summed E-state index contributed by atoms with van der Waals surface area (Å²) in [4.78, 5) is 4.37. The highest BCUT2D eigenvalue weighted by Crippen LogP contribution is 2.30. The molecule has 1 unspecified atom stereocenters. The maximum atomic E-state index is 5.48. The molecule has 0 saturated heterocycles. The van der Waals surface area contributed by atoms with Gasteiger partial charge in [-0.1, -0.05) is 22.0 Å². The highest BCUT2D eigenvalue weighted by Gasteiger charge is 2.15. The van der Waals surface area contributed by atoms with Gasteiger partial charge in [-0.05, 0) is 25.6 Å². The van der Waals surface area contributed by atoms with Crippen molar-refractivity contribution in [2.75, 3.05) is 14.2 Å². The normalized spacial score (nSPS) is 12.4. The number of hydrogen-bond donors (Lipinski definition) is 1. The van der Waals surface area contributed by atoms with Gasteiger partial charge in [0.1, 0.15) is 11.6 Å². The summed E-state index contributed by atoms with van der Waals surface area (Å²) in [5.74, 6) is 2.00. The van der Waals surface area contributed by atoms with Crippen molar-refractivity contribution in [2.45, 2.75) is 18.9 Å². The maximum absolute atomic E-state index is 5.48. The van der Waals surface area contributed by atoms with Gasteiger partial charge in [-0.15, -0.1) is 0 Å². The third kappa shape index (κ3) is 3.41. The zero-order valence-corrected chi connectivity index (χ0v) is 13.6. The molecule has 0 aliphatic rings. The highest BCUT2D eigenvalue weighted by atomic mass is 79.9. The van der Waals surface area contributed by atoms with Gasteiger partial charge in [0.15, 0.2) is 0 Å². The molecule has 0 fully saturated rings. The summed E-state index contributed by atoms with van der Waals surface area (Å²) < 4.78 is 8.56. The van der Waals surface area contributed by atoms with E-state index in [0.717, 1.165) is 28.9 Å². The fourth-order valence-corrected chi connectivity index (χ4v) is 2.68. The van der Waals surface area contributed by atoms with Crippen molar-refractivity contribution >= 4 is 15.9 Å². The van der Waals surface area contributed by atoms with Gasteiger partial charge < -0.3 is 14.6 Å². The van der Waals surface area contributed by atoms with E-state index in [1.807, 2.05) is 38.6 Å². The minimum absolute atomic E-state index is 0.245. The molecule has 4 nitrogen and oxygen atoms in total. The van der Waals surface area contributed by atoms with Crippen molar-refractivity contribution in [1.82, 2.24) is 14.9 Å². The molecule has 1 heterocycles. The molecule has 2 aromatic rings. The largest absolute Gasteiger partial charge is 0.496 e. The van der Waals surface area contributed by atoms with Crippen molar-refractivity contribution in [3.63, 3.8) is 0 Å². The zero-order valence-electron chi connectivity index (χ0n) is 12.1. The second-order valence-corrected chi connectivity index (χ2v) is 5.64. The lowest BCUT2D eigenvalue weighted by Crippen LogP contribution is -2.18. The Kier molecular flexibility index (Phi) is 5.20. The van der Waals surface area contributed by atoms with Gasteiger partial charge in [-0.25, -0.2) is 4.98 Å². The molecular formula is C15H20BrN3O. The van der Waals surface area contributed by atoms with Crippen LogP contribution in [0.5, 0.6) is 5.75 Å². The molecule has 0 amide bonds. The number of benzene rings is 1. The Morgan fingerprint density at radius 2 is 2.25 bits per heavy atom. The van der Waals surface area contributed by atoms with Crippen LogP contribution in [0.2, 0.25) is 0 Å². The number of halogens is 1. The Hall–Kier alpha value is -1.33. The molecule has 0 aliphatic carbocycles. The maximum Gasteiger partial charge on any atom is 0.124 e. The lowest BCUT2D eigenvalue weighted by Gasteiger charge is -2.19. The number of hydrogen-bond acceptors (Lipinski definition) is 3. The highest BCUT2D eigenvalue weighted by molar-refractivity contribution is 9.10. The van der Waals surface area contributed by atoms with Gasteiger partial charge in [-0.3, -0.25) is 0 Å². The van der Waals surface area contributed by atoms with Crippen LogP contribution in [0.4, 0.5) is 0 Å². The third-order valence-electron chi connectivity index (χ3n) is 3.50. The van der Waals surface area contributed by atoms with Crippen LogP contribution in [-0.2, 0) is 13.5 Å². The van der Waals surface area contributed by atoms with Gasteiger partial charge in [-0.2, -0.15) is 0 Å². The Labute approximate surface area is 128 Å². The molecule has 1 aromatic heterocycles. The summed E-state index contributed by atoms with van der Waals surface area (Å²) in [6.45, 7) is 0. The lowest BCUT2D eigenvalue weighted by atomic mass is 10.0. The van der Waals surface area contributed by atoms with Crippen LogP contribution in [0.15, 0.2) is 35.1 Å². The van der Waals surface area contributed by atoms with Crippen molar-refractivity contribution in [1.29, 1.82) is 0 Å². The smallest absolute Gasteiger partial charge is 0.124 e. The lowest BCUT2D eigenvalue weighted by molar-refractivity contribution is 0.398. The molecule has 0 aliphatic heterocycles. The van der Waals surface area contributed by atoms with E-state index in [0.29, 0.717) is 0 Å². The van der Waals surface area contributed by atoms with E-state index in [4.69, 9.17) is 4.74 Å². The molecule has 0 bridgehead atoms. The summed E-state index contributed by atoms with van der Waals surface area (Å²) in [6, 6.07) is 6.39. The minimum Gasteiger partial charge on any atom is -0.496 e. The first-order chi connectivity index (χ1) is 9.65. The van der Waals surface area contributed by atoms with Gasteiger partial charge in [0.25, 0.3) is 0 Å². The van der Waals surface area contributed by atoms with Gasteiger partial charge in [0.2, 0.25) is 0 Å². The SMILES string of the molecule is CNC(CCc1nccn1C)c1ccc(Br)cc1OC. The van der Waals surface area contributed by atoms with Crippen LogP contribution >= 0.6 is 15.9 Å². The Morgan fingerprint density at radius 3 is 2.85 bits per heavy atom. The molecule has 20 heavy (non-hydrogen) atoms. The van der Waals surface area contributed by atoms with E-state index in [9.17, 15) is 0 Å². The number of rotatable bonds is 6. The molecule has 108 valence electrons. The minimum atomic E-state index is 0.245. The van der Waals surface area contributed by atoms with Gasteiger partial charge in [0, 0.05) is 41.9 Å². The molecule has 1 N–H and O–H groups in total. The summed E-state index contributed by atoms with van der Waals surface area (Å²) in [6.07, 6.45) is 5.71. The number of nitrogens with zero attached hydrogens (tertiary/aromatic N) is 2. The first-order valence-electron chi connectivity index (χ1n) is 6.62. The number of imidazole rings is 1. The first kappa shape index (κ1) is 15.1. The number of nitrogens with one attached hydrogen (secondary N) is 1. The summed E-state index contributed by atoms with van der Waals surface area (Å²) in [7, 11) is 5.71. The Bertz CT molecular complexity index is 568. The second-order valence-electron chi connectivity index (χ2n) is 4.72. The van der Waals surface area contributed by atoms with Crippen LogP contribution in [-0.4, -0.2) is 23.7 Å². The number of aryl methyl sites for hydroxylation is 2. The zero-order chi connectivity index (χ0) is 14.5. The number of aromatic nitrogens is 2. The second kappa shape index (κ2) is 6.90. The molecular weight excluding hydrogens is 318 g/mol. The molecule has 0 spiro atoms. The van der Waals surface area contributed by atoms with Crippen molar-refractivity contribution in [2.24, 2.45) is 7.05 Å². The molecule has 0 radical (unpaired) electrons. The predicted octanol–water partition coefficient (Wildman–Crippen LogP) is 3.08. The predicted molar refractivity (Wildman–Crippen MR) is 84.0 cm³/mol. The Balaban J connectivity index is 2.14. The van der Waals surface area contributed by atoms with E-state index in [2.05, 4.69) is 36.9 Å². The van der Waals surface area contributed by atoms with E-state index in [1.54, 1.807) is 7.11 Å². The van der Waals surface area contributed by atoms with Crippen LogP contribution in [0.1, 0.15) is 23.9 Å². The number of ether oxygens (including phenoxy) is 1. The molecule has 0 saturated carbocycles. The monoisotopic (exact) mass is 337 g/mol. The average Bonchev–Trinajstić information content (AvgIpc) is 2.86. The standard InChI is InChI=1S/C15H20BrN3O/c1-17-13(6-7-15-18-8-9-19(15)2)12-5-4-11(16)10-14(12)20-3/h4-5,8-10,13,17H,6-7H2,1-3H3. The van der Waals surface area contributed by atoms with E-state index < -0.39 is 0 Å². The van der Waals surface area contributed by atoms with Crippen LogP contribution in [0.25, 0.3) is 0 Å². The fraction of sp³-hybridized carbons (Fsp3) is 0.400. The first-order valence-corrected chi connectivity index (χ1v) is 7.42. The van der Waals surface area contributed by atoms with Crippen molar-refractivity contribution in [3.8, 4) is 5.75 Å². The van der Waals surface area contributed by atoms with E-state index in [1.165, 1.54) is 5.56 Å². The summed E-state index contributed by atoms with van der Waals surface area (Å²) in [5, 5.41) is 3.36. The van der Waals surface area contributed by atoms with E-state index in [-0.39, 0.29) is 6.04 Å². The Morgan fingerprint density at radius 1 is 1.45 bits per heavy atom. The molecule has 1 atom stereocenters. The molecule has 2 rings (SSSR count). The summed E-state index contributed by atoms with van der Waals surface area (Å²) >= 11 is 3.47. The van der Waals surface area contributed by atoms with Crippen LogP contribution in [0.3, 0.4) is 0 Å². The number of methoxy groups -OCH3 is 1. The van der Waals surface area contributed by atoms with Crippen molar-refractivity contribution in [3.05, 3.63) is 46.5 Å². The van der Waals surface area contributed by atoms with E-state index >= 15 is 0 Å². The average molecular weight is 338 g/mol. The van der Waals surface area contributed by atoms with Crippen LogP contribution in [0, 0.1) is 0 Å². The van der Waals surface area contributed by atoms with Gasteiger partial charge >= 0.3 is 0 Å². The van der Waals surface area contributed by atoms with Gasteiger partial charge in [0.05, 0.1) is 7.11 Å². The fourth-order valence-electron chi connectivity index (χ4n) is 2.34. The third-order valence-corrected chi connectivity index (χ3v) is 3.99. The topological polar surface area (TPSA) is 39.1 Å². The molecule has 5 heteroatoms. The molecule has 1 aromatic carbocycles. The summed E-state index contributed by atoms with van der Waals surface area (Å²) in [5.41, 5.74) is 1.17. The quantitative estimate of drug-likeness (QED) is 0.880. The van der Waals surface area contributed by atoms with Crippen LogP contribution < -0.4 is 10.1 Å².